The number of hydrogen-bond acceptors (Lipinski definition) is 4. The molecule has 140 valence electrons. The van der Waals surface area contributed by atoms with Crippen molar-refractivity contribution in [2.75, 3.05) is 40.9 Å². The summed E-state index contributed by atoms with van der Waals surface area (Å²) in [6.45, 7) is 1.08. The van der Waals surface area contributed by atoms with Gasteiger partial charge in [-0.3, -0.25) is 14.7 Å². The van der Waals surface area contributed by atoms with Crippen LogP contribution in [0.1, 0.15) is 0 Å². The molecule has 2 aromatic carbocycles. The lowest BCUT2D eigenvalue weighted by atomic mass is 10.2. The molecular formula is C19H18FN3O4. The van der Waals surface area contributed by atoms with Gasteiger partial charge >= 0.3 is 12.1 Å². The molecule has 0 aromatic heterocycles. The average Bonchev–Trinajstić information content (AvgIpc) is 3.25. The number of carbonyl (C=O) groups is 2. The lowest BCUT2D eigenvalue weighted by molar-refractivity contribution is 0.0963. The van der Waals surface area contributed by atoms with Crippen LogP contribution in [0.25, 0.3) is 0 Å². The fraction of sp³-hybridized carbons (Fsp3) is 0.263. The maximum atomic E-state index is 13.1. The maximum Gasteiger partial charge on any atom is 0.414 e. The number of nitrogens with zero attached hydrogens (tertiary/aromatic N) is 3. The Morgan fingerprint density at radius 3 is 1.85 bits per heavy atom. The molecule has 1 N–H and O–H groups in total. The summed E-state index contributed by atoms with van der Waals surface area (Å²) in [6, 6.07) is 12.6. The number of ether oxygens (including phenoxy) is 1. The predicted octanol–water partition coefficient (Wildman–Crippen LogP) is 2.59. The summed E-state index contributed by atoms with van der Waals surface area (Å²) in [5.41, 5.74) is 2.00. The van der Waals surface area contributed by atoms with Crippen molar-refractivity contribution in [3.8, 4) is 0 Å². The molecule has 0 spiro atoms. The Labute approximate surface area is 155 Å². The summed E-state index contributed by atoms with van der Waals surface area (Å²) in [7, 11) is 0. The SMILES string of the molecule is O=C1O[C@@H](CO)CN1c1ccc(N2CCN(c3ccc(F)cc3)C2=O)cc1. The van der Waals surface area contributed by atoms with E-state index < -0.39 is 12.2 Å². The first kappa shape index (κ1) is 17.3. The number of rotatable bonds is 4. The third-order valence-corrected chi connectivity index (χ3v) is 4.70. The molecule has 0 bridgehead atoms. The Hall–Kier alpha value is -3.13. The molecule has 2 aliphatic heterocycles. The lowest BCUT2D eigenvalue weighted by Gasteiger charge is -2.20. The first-order valence-corrected chi connectivity index (χ1v) is 8.60. The molecule has 8 heteroatoms. The largest absolute Gasteiger partial charge is 0.441 e. The summed E-state index contributed by atoms with van der Waals surface area (Å²) >= 11 is 0. The number of cyclic esters (lactones) is 1. The molecule has 2 aliphatic rings. The van der Waals surface area contributed by atoms with Gasteiger partial charge in [0.1, 0.15) is 11.9 Å². The smallest absolute Gasteiger partial charge is 0.414 e. The second-order valence-electron chi connectivity index (χ2n) is 6.38. The highest BCUT2D eigenvalue weighted by molar-refractivity contribution is 6.06. The number of carbonyl (C=O) groups excluding carboxylic acids is 2. The summed E-state index contributed by atoms with van der Waals surface area (Å²) < 4.78 is 18.1. The maximum absolute atomic E-state index is 13.1. The molecule has 7 nitrogen and oxygen atoms in total. The first-order chi connectivity index (χ1) is 13.1. The van der Waals surface area contributed by atoms with Crippen LogP contribution in [0.15, 0.2) is 48.5 Å². The molecular weight excluding hydrogens is 353 g/mol. The van der Waals surface area contributed by atoms with Gasteiger partial charge in [0.2, 0.25) is 0 Å². The number of aliphatic hydroxyl groups is 1. The van der Waals surface area contributed by atoms with Gasteiger partial charge in [-0.25, -0.2) is 14.0 Å². The van der Waals surface area contributed by atoms with E-state index >= 15 is 0 Å². The van der Waals surface area contributed by atoms with Crippen LogP contribution < -0.4 is 14.7 Å². The number of benzene rings is 2. The van der Waals surface area contributed by atoms with Gasteiger partial charge in [0.05, 0.1) is 13.2 Å². The fourth-order valence-corrected chi connectivity index (χ4v) is 3.28. The van der Waals surface area contributed by atoms with E-state index in [1.165, 1.54) is 17.0 Å². The number of hydrogen-bond donors (Lipinski definition) is 1. The highest BCUT2D eigenvalue weighted by Crippen LogP contribution is 2.28. The Bertz CT molecular complexity index is 856. The number of anilines is 3. The van der Waals surface area contributed by atoms with Crippen LogP contribution in [0.3, 0.4) is 0 Å². The van der Waals surface area contributed by atoms with Crippen LogP contribution in [0.4, 0.5) is 31.0 Å². The average molecular weight is 371 g/mol. The Kier molecular flexibility index (Phi) is 4.41. The van der Waals surface area contributed by atoms with Gasteiger partial charge < -0.3 is 9.84 Å². The number of amides is 3. The van der Waals surface area contributed by atoms with E-state index in [-0.39, 0.29) is 25.0 Å². The highest BCUT2D eigenvalue weighted by Gasteiger charge is 2.33. The Morgan fingerprint density at radius 1 is 0.889 bits per heavy atom. The van der Waals surface area contributed by atoms with Crippen LogP contribution in [0.5, 0.6) is 0 Å². The van der Waals surface area contributed by atoms with E-state index in [2.05, 4.69) is 0 Å². The zero-order valence-corrected chi connectivity index (χ0v) is 14.4. The summed E-state index contributed by atoms with van der Waals surface area (Å²) in [6.07, 6.45) is -1.02. The molecule has 27 heavy (non-hydrogen) atoms. The van der Waals surface area contributed by atoms with E-state index in [9.17, 15) is 14.0 Å². The third kappa shape index (κ3) is 3.19. The second-order valence-corrected chi connectivity index (χ2v) is 6.38. The van der Waals surface area contributed by atoms with Crippen molar-refractivity contribution in [2.24, 2.45) is 0 Å². The van der Waals surface area contributed by atoms with Crippen LogP contribution in [0.2, 0.25) is 0 Å². The number of urea groups is 1. The van der Waals surface area contributed by atoms with Gasteiger partial charge in [-0.05, 0) is 48.5 Å². The number of halogens is 1. The first-order valence-electron chi connectivity index (χ1n) is 8.60. The van der Waals surface area contributed by atoms with Crippen molar-refractivity contribution in [3.05, 3.63) is 54.3 Å². The summed E-state index contributed by atoms with van der Waals surface area (Å²) in [5, 5.41) is 9.13. The third-order valence-electron chi connectivity index (χ3n) is 4.70. The van der Waals surface area contributed by atoms with Gasteiger partial charge in [-0.2, -0.15) is 0 Å². The minimum atomic E-state index is -0.526. The topological polar surface area (TPSA) is 73.3 Å². The van der Waals surface area contributed by atoms with Crippen LogP contribution in [0, 0.1) is 5.82 Å². The molecule has 4 rings (SSSR count). The fourth-order valence-electron chi connectivity index (χ4n) is 3.28. The van der Waals surface area contributed by atoms with E-state index in [0.29, 0.717) is 30.2 Å². The number of aliphatic hydroxyl groups excluding tert-OH is 1. The van der Waals surface area contributed by atoms with Gasteiger partial charge in [0.15, 0.2) is 0 Å². The Morgan fingerprint density at radius 2 is 1.37 bits per heavy atom. The summed E-state index contributed by atoms with van der Waals surface area (Å²) in [5.74, 6) is -0.346. The molecule has 0 saturated carbocycles. The lowest BCUT2D eigenvalue weighted by Crippen LogP contribution is -2.31. The van der Waals surface area contributed by atoms with Crippen molar-refractivity contribution < 1.29 is 23.8 Å². The predicted molar refractivity (Wildman–Crippen MR) is 97.6 cm³/mol. The highest BCUT2D eigenvalue weighted by atomic mass is 19.1. The van der Waals surface area contributed by atoms with Crippen molar-refractivity contribution in [1.29, 1.82) is 0 Å². The molecule has 2 saturated heterocycles. The Balaban J connectivity index is 1.49. The second kappa shape index (κ2) is 6.88. The normalized spacial score (nSPS) is 19.8. The molecule has 1 atom stereocenters. The van der Waals surface area contributed by atoms with Crippen LogP contribution >= 0.6 is 0 Å². The van der Waals surface area contributed by atoms with Crippen LogP contribution in [-0.4, -0.2) is 49.6 Å². The zero-order chi connectivity index (χ0) is 19.0. The molecule has 3 amide bonds. The van der Waals surface area contributed by atoms with Gasteiger partial charge in [0, 0.05) is 30.2 Å². The van der Waals surface area contributed by atoms with Crippen molar-refractivity contribution in [2.45, 2.75) is 6.10 Å². The quantitative estimate of drug-likeness (QED) is 0.897. The van der Waals surface area contributed by atoms with E-state index in [1.54, 1.807) is 46.2 Å². The molecule has 0 unspecified atom stereocenters. The monoisotopic (exact) mass is 371 g/mol. The van der Waals surface area contributed by atoms with Crippen molar-refractivity contribution >= 4 is 29.2 Å². The summed E-state index contributed by atoms with van der Waals surface area (Å²) in [4.78, 5) is 29.2. The van der Waals surface area contributed by atoms with E-state index in [1.807, 2.05) is 0 Å². The van der Waals surface area contributed by atoms with E-state index in [4.69, 9.17) is 9.84 Å². The molecule has 0 radical (unpaired) electrons. The molecule has 2 fully saturated rings. The van der Waals surface area contributed by atoms with E-state index in [0.717, 1.165) is 0 Å². The molecule has 0 aliphatic carbocycles. The van der Waals surface area contributed by atoms with Gasteiger partial charge in [-0.1, -0.05) is 0 Å². The minimum absolute atomic E-state index is 0.185. The van der Waals surface area contributed by atoms with Crippen LogP contribution in [-0.2, 0) is 4.74 Å². The molecule has 2 heterocycles. The van der Waals surface area contributed by atoms with Crippen molar-refractivity contribution in [3.63, 3.8) is 0 Å². The standard InChI is InChI=1S/C19H18FN3O4/c20-13-1-3-14(4-2-13)21-9-10-22(18(21)25)15-5-7-16(8-6-15)23-11-17(12-24)27-19(23)26/h1-8,17,24H,9-12H2/t17-/m1/s1. The molecule has 2 aromatic rings. The van der Waals surface area contributed by atoms with Gasteiger partial charge in [0.25, 0.3) is 0 Å². The van der Waals surface area contributed by atoms with Crippen molar-refractivity contribution in [1.82, 2.24) is 0 Å². The zero-order valence-electron chi connectivity index (χ0n) is 14.4. The van der Waals surface area contributed by atoms with Gasteiger partial charge in [-0.15, -0.1) is 0 Å². The minimum Gasteiger partial charge on any atom is -0.441 e.